The molecule has 1 fully saturated rings. The molecule has 1 aliphatic carbocycles. The Hall–Kier alpha value is -3.83. The van der Waals surface area contributed by atoms with Crippen molar-refractivity contribution in [1.82, 2.24) is 10.6 Å². The van der Waals surface area contributed by atoms with Crippen LogP contribution < -0.4 is 10.6 Å². The van der Waals surface area contributed by atoms with Crippen LogP contribution in [-0.4, -0.2) is 54.5 Å². The molecule has 2 aromatic carbocycles. The van der Waals surface area contributed by atoms with Gasteiger partial charge in [0.05, 0.1) is 12.0 Å². The van der Waals surface area contributed by atoms with Gasteiger partial charge in [-0.3, -0.25) is 4.79 Å². The minimum absolute atomic E-state index is 0.0813. The number of terminal acetylenes is 1. The van der Waals surface area contributed by atoms with E-state index in [4.69, 9.17) is 15.9 Å². The van der Waals surface area contributed by atoms with Crippen molar-refractivity contribution in [2.75, 3.05) is 19.8 Å². The summed E-state index contributed by atoms with van der Waals surface area (Å²) in [6.07, 6.45) is 5.15. The normalized spacial score (nSPS) is 16.8. The van der Waals surface area contributed by atoms with E-state index in [-0.39, 0.29) is 25.4 Å². The smallest absolute Gasteiger partial charge is 0.407 e. The molecular weight excluding hydrogens is 448 g/mol. The number of benzene rings is 2. The van der Waals surface area contributed by atoms with E-state index in [1.54, 1.807) is 0 Å². The fourth-order valence-corrected chi connectivity index (χ4v) is 4.83. The van der Waals surface area contributed by atoms with Gasteiger partial charge in [-0.2, -0.15) is 0 Å². The van der Waals surface area contributed by atoms with Crippen LogP contribution in [0.5, 0.6) is 0 Å². The van der Waals surface area contributed by atoms with E-state index in [9.17, 15) is 19.5 Å². The summed E-state index contributed by atoms with van der Waals surface area (Å²) in [6, 6.07) is 15.0. The lowest BCUT2D eigenvalue weighted by Gasteiger charge is -2.37. The van der Waals surface area contributed by atoms with E-state index in [2.05, 4.69) is 28.7 Å². The lowest BCUT2D eigenvalue weighted by molar-refractivity contribution is -0.142. The molecule has 0 bridgehead atoms. The summed E-state index contributed by atoms with van der Waals surface area (Å²) >= 11 is 0. The topological polar surface area (TPSA) is 114 Å². The molecule has 182 valence electrons. The highest BCUT2D eigenvalue weighted by molar-refractivity contribution is 5.85. The Balaban J connectivity index is 1.42. The Morgan fingerprint density at radius 3 is 2.26 bits per heavy atom. The zero-order valence-corrected chi connectivity index (χ0v) is 19.3. The van der Waals surface area contributed by atoms with Gasteiger partial charge in [-0.15, -0.1) is 12.3 Å². The second kappa shape index (κ2) is 10.6. The van der Waals surface area contributed by atoms with Crippen molar-refractivity contribution in [3.8, 4) is 23.5 Å². The fourth-order valence-electron chi connectivity index (χ4n) is 4.83. The van der Waals surface area contributed by atoms with Gasteiger partial charge < -0.3 is 25.2 Å². The highest BCUT2D eigenvalue weighted by Crippen LogP contribution is 2.44. The van der Waals surface area contributed by atoms with E-state index >= 15 is 0 Å². The van der Waals surface area contributed by atoms with Gasteiger partial charge in [0.1, 0.15) is 12.6 Å². The number of aliphatic carboxylic acids is 1. The number of alkyl carbamates (subject to hydrolysis) is 1. The van der Waals surface area contributed by atoms with E-state index < -0.39 is 29.6 Å². The lowest BCUT2D eigenvalue weighted by Crippen LogP contribution is -2.55. The molecule has 2 amide bonds. The number of carbonyl (C=O) groups excluding carboxylic acids is 2. The van der Waals surface area contributed by atoms with Gasteiger partial charge in [0.2, 0.25) is 5.91 Å². The molecule has 1 saturated heterocycles. The number of amides is 2. The molecule has 35 heavy (non-hydrogen) atoms. The maximum Gasteiger partial charge on any atom is 0.407 e. The largest absolute Gasteiger partial charge is 0.480 e. The van der Waals surface area contributed by atoms with Gasteiger partial charge in [-0.05, 0) is 35.1 Å². The average molecular weight is 477 g/mol. The maximum absolute atomic E-state index is 12.9. The summed E-state index contributed by atoms with van der Waals surface area (Å²) in [5, 5.41) is 14.6. The monoisotopic (exact) mass is 476 g/mol. The first-order valence-corrected chi connectivity index (χ1v) is 11.6. The first kappa shape index (κ1) is 24.3. The number of rotatable bonds is 8. The van der Waals surface area contributed by atoms with Crippen molar-refractivity contribution in [1.29, 1.82) is 0 Å². The van der Waals surface area contributed by atoms with Crippen molar-refractivity contribution in [2.45, 2.75) is 43.2 Å². The molecular formula is C27H28N2O6. The SMILES string of the molecule is C#CCC(NC(=O)CC1(NC(=O)OCC2c3ccccc3-c3ccccc32)CCOCC1)C(=O)O. The molecule has 2 aromatic rings. The minimum atomic E-state index is -1.21. The van der Waals surface area contributed by atoms with Crippen molar-refractivity contribution in [3.63, 3.8) is 0 Å². The quantitative estimate of drug-likeness (QED) is 0.505. The standard InChI is InChI=1S/C27H28N2O6/c1-2-7-23(25(31)32)28-24(30)16-27(12-14-34-15-13-27)29-26(33)35-17-22-20-10-5-3-8-18(20)19-9-4-6-11-21(19)22/h1,3-6,8-11,22-23H,7,12-17H2,(H,28,30)(H,29,33)(H,31,32). The zero-order valence-electron chi connectivity index (χ0n) is 19.3. The summed E-state index contributed by atoms with van der Waals surface area (Å²) in [7, 11) is 0. The van der Waals surface area contributed by atoms with E-state index in [0.717, 1.165) is 22.3 Å². The van der Waals surface area contributed by atoms with Gasteiger partial charge in [0.15, 0.2) is 0 Å². The van der Waals surface area contributed by atoms with Crippen LogP contribution in [0.1, 0.15) is 42.7 Å². The Bertz CT molecular complexity index is 1100. The highest BCUT2D eigenvalue weighted by Gasteiger charge is 2.38. The minimum Gasteiger partial charge on any atom is -0.480 e. The van der Waals surface area contributed by atoms with Crippen LogP contribution in [0.4, 0.5) is 4.79 Å². The molecule has 8 heteroatoms. The van der Waals surface area contributed by atoms with E-state index in [1.165, 1.54) is 0 Å². The third-order valence-electron chi connectivity index (χ3n) is 6.62. The summed E-state index contributed by atoms with van der Waals surface area (Å²) in [6.45, 7) is 0.884. The number of hydrogen-bond acceptors (Lipinski definition) is 5. The second-order valence-corrected chi connectivity index (χ2v) is 8.89. The number of fused-ring (bicyclic) bond motifs is 3. The first-order valence-electron chi connectivity index (χ1n) is 11.6. The molecule has 1 atom stereocenters. The van der Waals surface area contributed by atoms with Crippen LogP contribution >= 0.6 is 0 Å². The third kappa shape index (κ3) is 5.47. The predicted molar refractivity (Wildman–Crippen MR) is 129 cm³/mol. The zero-order chi connectivity index (χ0) is 24.8. The van der Waals surface area contributed by atoms with Gasteiger partial charge in [0, 0.05) is 25.6 Å². The van der Waals surface area contributed by atoms with Gasteiger partial charge in [-0.25, -0.2) is 9.59 Å². The first-order chi connectivity index (χ1) is 16.9. The fraction of sp³-hybridized carbons (Fsp3) is 0.370. The molecule has 0 aromatic heterocycles. The molecule has 0 saturated carbocycles. The number of carboxylic acids is 1. The summed E-state index contributed by atoms with van der Waals surface area (Å²) in [5.41, 5.74) is 3.58. The molecule has 1 heterocycles. The van der Waals surface area contributed by atoms with E-state index in [1.807, 2.05) is 36.4 Å². The summed E-state index contributed by atoms with van der Waals surface area (Å²) < 4.78 is 11.1. The number of carboxylic acid groups (broad SMARTS) is 1. The molecule has 1 aliphatic heterocycles. The van der Waals surface area contributed by atoms with Gasteiger partial charge in [0.25, 0.3) is 0 Å². The van der Waals surface area contributed by atoms with Crippen LogP contribution in [0, 0.1) is 12.3 Å². The van der Waals surface area contributed by atoms with Crippen LogP contribution in [-0.2, 0) is 19.1 Å². The highest BCUT2D eigenvalue weighted by atomic mass is 16.5. The van der Waals surface area contributed by atoms with Crippen LogP contribution in [0.25, 0.3) is 11.1 Å². The molecule has 4 rings (SSSR count). The number of nitrogens with one attached hydrogen (secondary N) is 2. The van der Waals surface area contributed by atoms with Crippen LogP contribution in [0.2, 0.25) is 0 Å². The van der Waals surface area contributed by atoms with Crippen molar-refractivity contribution in [2.24, 2.45) is 0 Å². The lowest BCUT2D eigenvalue weighted by atomic mass is 9.86. The molecule has 3 N–H and O–H groups in total. The Kier molecular flexibility index (Phi) is 7.37. The molecule has 2 aliphatic rings. The average Bonchev–Trinajstić information content (AvgIpc) is 3.16. The Morgan fingerprint density at radius 1 is 1.09 bits per heavy atom. The molecule has 0 spiro atoms. The van der Waals surface area contributed by atoms with Crippen molar-refractivity contribution in [3.05, 3.63) is 59.7 Å². The Labute approximate surface area is 204 Å². The maximum atomic E-state index is 12.9. The van der Waals surface area contributed by atoms with Crippen LogP contribution in [0.3, 0.4) is 0 Å². The number of hydrogen-bond donors (Lipinski definition) is 3. The second-order valence-electron chi connectivity index (χ2n) is 8.89. The van der Waals surface area contributed by atoms with Crippen molar-refractivity contribution < 1.29 is 29.0 Å². The summed E-state index contributed by atoms with van der Waals surface area (Å²) in [4.78, 5) is 36.9. The molecule has 0 radical (unpaired) electrons. The third-order valence-corrected chi connectivity index (χ3v) is 6.62. The Morgan fingerprint density at radius 2 is 1.69 bits per heavy atom. The number of ether oxygens (including phenoxy) is 2. The van der Waals surface area contributed by atoms with Gasteiger partial charge in [-0.1, -0.05) is 48.5 Å². The van der Waals surface area contributed by atoms with Gasteiger partial charge >= 0.3 is 12.1 Å². The molecule has 1 unspecified atom stereocenters. The predicted octanol–water partition coefficient (Wildman–Crippen LogP) is 3.06. The van der Waals surface area contributed by atoms with Crippen molar-refractivity contribution >= 4 is 18.0 Å². The van der Waals surface area contributed by atoms with E-state index in [0.29, 0.717) is 26.1 Å². The van der Waals surface area contributed by atoms with Crippen LogP contribution in [0.15, 0.2) is 48.5 Å². The molecule has 8 nitrogen and oxygen atoms in total. The number of carbonyl (C=O) groups is 3. The summed E-state index contributed by atoms with van der Waals surface area (Å²) in [5.74, 6) is 0.458.